The van der Waals surface area contributed by atoms with Crippen LogP contribution in [0.25, 0.3) is 16.6 Å². The van der Waals surface area contributed by atoms with Gasteiger partial charge in [-0.15, -0.1) is 0 Å². The molecule has 0 atom stereocenters. The van der Waals surface area contributed by atoms with Crippen LogP contribution in [0, 0.1) is 0 Å². The Hall–Kier alpha value is -3.38. The lowest BCUT2D eigenvalue weighted by molar-refractivity contribution is -0.132. The van der Waals surface area contributed by atoms with Gasteiger partial charge in [0.05, 0.1) is 18.3 Å². The van der Waals surface area contributed by atoms with Crippen LogP contribution in [-0.4, -0.2) is 56.2 Å². The predicted molar refractivity (Wildman–Crippen MR) is 122 cm³/mol. The van der Waals surface area contributed by atoms with E-state index in [0.717, 1.165) is 44.0 Å². The summed E-state index contributed by atoms with van der Waals surface area (Å²) in [6.45, 7) is 4.18. The van der Waals surface area contributed by atoms with Gasteiger partial charge in [0.1, 0.15) is 0 Å². The summed E-state index contributed by atoms with van der Waals surface area (Å²) in [6, 6.07) is 18.4. The molecule has 5 rings (SSSR count). The number of nitrogens with zero attached hydrogens (tertiary/aromatic N) is 5. The molecule has 0 bridgehead atoms. The number of hydrogen-bond donors (Lipinski definition) is 0. The molecular weight excluding hydrogens is 386 g/mol. The molecule has 2 aromatic carbocycles. The van der Waals surface area contributed by atoms with Crippen molar-refractivity contribution in [2.24, 2.45) is 7.05 Å². The summed E-state index contributed by atoms with van der Waals surface area (Å²) in [4.78, 5) is 17.3. The van der Waals surface area contributed by atoms with E-state index in [9.17, 15) is 4.79 Å². The number of amides is 1. The number of carbonyl (C=O) groups is 1. The fourth-order valence-corrected chi connectivity index (χ4v) is 4.42. The molecule has 0 N–H and O–H groups in total. The van der Waals surface area contributed by atoms with Crippen molar-refractivity contribution in [3.05, 3.63) is 84.3 Å². The van der Waals surface area contributed by atoms with E-state index in [2.05, 4.69) is 51.2 Å². The first kappa shape index (κ1) is 19.6. The smallest absolute Gasteiger partial charge is 0.227 e. The van der Waals surface area contributed by atoms with Crippen molar-refractivity contribution in [1.82, 2.24) is 24.1 Å². The van der Waals surface area contributed by atoms with Gasteiger partial charge in [0.2, 0.25) is 5.91 Å². The second-order valence-electron chi connectivity index (χ2n) is 8.24. The van der Waals surface area contributed by atoms with Crippen molar-refractivity contribution in [3.8, 4) is 5.69 Å². The summed E-state index contributed by atoms with van der Waals surface area (Å²) in [7, 11) is 2.04. The summed E-state index contributed by atoms with van der Waals surface area (Å²) in [5.41, 5.74) is 4.54. The highest BCUT2D eigenvalue weighted by molar-refractivity contribution is 5.89. The van der Waals surface area contributed by atoms with Crippen LogP contribution in [0.5, 0.6) is 0 Å². The van der Waals surface area contributed by atoms with E-state index in [1.54, 1.807) is 0 Å². The molecule has 1 aliphatic heterocycles. The molecule has 4 aromatic rings. The van der Waals surface area contributed by atoms with Crippen LogP contribution in [0.4, 0.5) is 0 Å². The summed E-state index contributed by atoms with van der Waals surface area (Å²) < 4.78 is 4.02. The molecular formula is C25H27N5O. The minimum atomic E-state index is 0.216. The number of rotatable bonds is 5. The third-order valence-corrected chi connectivity index (χ3v) is 6.11. The Labute approximate surface area is 182 Å². The lowest BCUT2D eigenvalue weighted by atomic mass is 10.1. The van der Waals surface area contributed by atoms with Crippen LogP contribution < -0.4 is 0 Å². The molecule has 0 aliphatic carbocycles. The Morgan fingerprint density at radius 3 is 2.48 bits per heavy atom. The molecule has 158 valence electrons. The topological polar surface area (TPSA) is 46.3 Å². The van der Waals surface area contributed by atoms with E-state index in [1.165, 1.54) is 16.5 Å². The molecule has 1 fully saturated rings. The summed E-state index contributed by atoms with van der Waals surface area (Å²) >= 11 is 0. The Morgan fingerprint density at radius 1 is 0.935 bits per heavy atom. The second kappa shape index (κ2) is 8.40. The molecule has 3 heterocycles. The molecule has 6 nitrogen and oxygen atoms in total. The highest BCUT2D eigenvalue weighted by Crippen LogP contribution is 2.21. The number of carbonyl (C=O) groups excluding carboxylic acids is 1. The van der Waals surface area contributed by atoms with Crippen LogP contribution in [0.2, 0.25) is 0 Å². The minimum Gasteiger partial charge on any atom is -0.350 e. The average Bonchev–Trinajstić information content (AvgIpc) is 3.40. The van der Waals surface area contributed by atoms with E-state index >= 15 is 0 Å². The van der Waals surface area contributed by atoms with Gasteiger partial charge in [-0.2, -0.15) is 5.10 Å². The number of aryl methyl sites for hydroxylation is 1. The van der Waals surface area contributed by atoms with Gasteiger partial charge >= 0.3 is 0 Å². The SMILES string of the molecule is Cn1cc(CC(=O)N2CCN(Cc3cnn(-c4ccccc4)c3)CC2)c2ccccc21. The van der Waals surface area contributed by atoms with E-state index < -0.39 is 0 Å². The van der Waals surface area contributed by atoms with Gasteiger partial charge < -0.3 is 9.47 Å². The van der Waals surface area contributed by atoms with E-state index in [1.807, 2.05) is 53.2 Å². The fourth-order valence-electron chi connectivity index (χ4n) is 4.42. The first-order chi connectivity index (χ1) is 15.2. The molecule has 0 saturated carbocycles. The van der Waals surface area contributed by atoms with Crippen LogP contribution in [0.3, 0.4) is 0 Å². The first-order valence-electron chi connectivity index (χ1n) is 10.8. The second-order valence-corrected chi connectivity index (χ2v) is 8.24. The van der Waals surface area contributed by atoms with Gasteiger partial charge in [-0.3, -0.25) is 9.69 Å². The van der Waals surface area contributed by atoms with Crippen LogP contribution in [-0.2, 0) is 24.8 Å². The zero-order valence-electron chi connectivity index (χ0n) is 17.8. The fraction of sp³-hybridized carbons (Fsp3) is 0.280. The Bertz CT molecular complexity index is 1190. The molecule has 1 saturated heterocycles. The molecule has 2 aromatic heterocycles. The lowest BCUT2D eigenvalue weighted by Gasteiger charge is -2.34. The van der Waals surface area contributed by atoms with Crippen molar-refractivity contribution < 1.29 is 4.79 Å². The Morgan fingerprint density at radius 2 is 1.68 bits per heavy atom. The Kier molecular flexibility index (Phi) is 5.30. The zero-order valence-corrected chi connectivity index (χ0v) is 17.8. The maximum atomic E-state index is 12.9. The van der Waals surface area contributed by atoms with Gasteiger partial charge in [0, 0.05) is 68.6 Å². The largest absolute Gasteiger partial charge is 0.350 e. The minimum absolute atomic E-state index is 0.216. The van der Waals surface area contributed by atoms with Crippen molar-refractivity contribution in [1.29, 1.82) is 0 Å². The maximum Gasteiger partial charge on any atom is 0.227 e. The third kappa shape index (κ3) is 4.11. The van der Waals surface area contributed by atoms with Crippen LogP contribution in [0.15, 0.2) is 73.2 Å². The van der Waals surface area contributed by atoms with Gasteiger partial charge in [-0.25, -0.2) is 4.68 Å². The molecule has 0 unspecified atom stereocenters. The highest BCUT2D eigenvalue weighted by atomic mass is 16.2. The summed E-state index contributed by atoms with van der Waals surface area (Å²) in [5.74, 6) is 0.216. The molecule has 0 radical (unpaired) electrons. The van der Waals surface area contributed by atoms with Crippen LogP contribution in [0.1, 0.15) is 11.1 Å². The first-order valence-corrected chi connectivity index (χ1v) is 10.8. The van der Waals surface area contributed by atoms with Gasteiger partial charge in [0.15, 0.2) is 0 Å². The van der Waals surface area contributed by atoms with Crippen molar-refractivity contribution in [3.63, 3.8) is 0 Å². The van der Waals surface area contributed by atoms with Crippen molar-refractivity contribution in [2.45, 2.75) is 13.0 Å². The molecule has 1 amide bonds. The van der Waals surface area contributed by atoms with Gasteiger partial charge in [-0.1, -0.05) is 36.4 Å². The zero-order chi connectivity index (χ0) is 21.2. The summed E-state index contributed by atoms with van der Waals surface area (Å²) in [6.07, 6.45) is 6.58. The number of aromatic nitrogens is 3. The number of fused-ring (bicyclic) bond motifs is 1. The number of piperazine rings is 1. The average molecular weight is 414 g/mol. The van der Waals surface area contributed by atoms with Crippen molar-refractivity contribution >= 4 is 16.8 Å². The van der Waals surface area contributed by atoms with E-state index in [0.29, 0.717) is 6.42 Å². The molecule has 6 heteroatoms. The van der Waals surface area contributed by atoms with E-state index in [4.69, 9.17) is 0 Å². The predicted octanol–water partition coefficient (Wildman–Crippen LogP) is 3.25. The monoisotopic (exact) mass is 413 g/mol. The standard InChI is InChI=1S/C25H27N5O/c1-27-19-21(23-9-5-6-10-24(23)27)15-25(31)29-13-11-28(12-14-29)17-20-16-26-30(18-20)22-7-3-2-4-8-22/h2-10,16,18-19H,11-15,17H2,1H3. The molecule has 31 heavy (non-hydrogen) atoms. The van der Waals surface area contributed by atoms with Gasteiger partial charge in [-0.05, 0) is 23.8 Å². The van der Waals surface area contributed by atoms with E-state index in [-0.39, 0.29) is 5.91 Å². The molecule has 1 aliphatic rings. The summed E-state index contributed by atoms with van der Waals surface area (Å²) in [5, 5.41) is 5.67. The number of benzene rings is 2. The Balaban J connectivity index is 1.17. The normalized spacial score (nSPS) is 14.9. The third-order valence-electron chi connectivity index (χ3n) is 6.11. The molecule has 0 spiro atoms. The quantitative estimate of drug-likeness (QED) is 0.505. The van der Waals surface area contributed by atoms with Crippen molar-refractivity contribution in [2.75, 3.05) is 26.2 Å². The number of para-hydroxylation sites is 2. The highest BCUT2D eigenvalue weighted by Gasteiger charge is 2.22. The maximum absolute atomic E-state index is 12.9. The number of hydrogen-bond acceptors (Lipinski definition) is 3. The van der Waals surface area contributed by atoms with Crippen LogP contribution >= 0.6 is 0 Å². The lowest BCUT2D eigenvalue weighted by Crippen LogP contribution is -2.48. The van der Waals surface area contributed by atoms with Gasteiger partial charge in [0.25, 0.3) is 0 Å².